The van der Waals surface area contributed by atoms with E-state index in [-0.39, 0.29) is 0 Å². The van der Waals surface area contributed by atoms with Crippen molar-refractivity contribution in [3.05, 3.63) is 71.8 Å². The van der Waals surface area contributed by atoms with Crippen molar-refractivity contribution in [2.75, 3.05) is 39.4 Å². The number of nitrogens with zero attached hydrogens (tertiary/aromatic N) is 2. The maximum atomic E-state index is 5.89. The Hall–Kier alpha value is -1.68. The lowest BCUT2D eigenvalue weighted by Crippen LogP contribution is -2.30. The van der Waals surface area contributed by atoms with Crippen molar-refractivity contribution >= 4 is 0 Å². The van der Waals surface area contributed by atoms with Gasteiger partial charge in [-0.15, -0.1) is 0 Å². The van der Waals surface area contributed by atoms with Crippen LogP contribution in [-0.2, 0) is 17.8 Å². The van der Waals surface area contributed by atoms with Crippen molar-refractivity contribution < 1.29 is 4.74 Å². The molecule has 2 rings (SSSR count). The second kappa shape index (κ2) is 11.8. The molecule has 2 aromatic carbocycles. The molecule has 0 aliphatic heterocycles. The normalized spacial score (nSPS) is 11.4. The predicted octanol–water partition coefficient (Wildman–Crippen LogP) is 4.05. The van der Waals surface area contributed by atoms with E-state index in [9.17, 15) is 0 Å². The summed E-state index contributed by atoms with van der Waals surface area (Å²) in [5, 5.41) is 0. The maximum absolute atomic E-state index is 5.89. The van der Waals surface area contributed by atoms with Gasteiger partial charge in [0.1, 0.15) is 0 Å². The molecule has 0 radical (unpaired) electrons. The first kappa shape index (κ1) is 19.6. The third-order valence-corrected chi connectivity index (χ3v) is 4.50. The van der Waals surface area contributed by atoms with Gasteiger partial charge in [-0.2, -0.15) is 0 Å². The lowest BCUT2D eigenvalue weighted by atomic mass is 10.1. The smallest absolute Gasteiger partial charge is 0.0594 e. The summed E-state index contributed by atoms with van der Waals surface area (Å²) in [4.78, 5) is 4.85. The Morgan fingerprint density at radius 3 is 1.52 bits per heavy atom. The number of benzene rings is 2. The van der Waals surface area contributed by atoms with Gasteiger partial charge in [-0.05, 0) is 24.2 Å². The van der Waals surface area contributed by atoms with Crippen LogP contribution in [0, 0.1) is 0 Å². The van der Waals surface area contributed by atoms with Crippen LogP contribution in [0.3, 0.4) is 0 Å². The van der Waals surface area contributed by atoms with Crippen molar-refractivity contribution in [2.24, 2.45) is 0 Å². The zero-order valence-electron chi connectivity index (χ0n) is 15.7. The summed E-state index contributed by atoms with van der Waals surface area (Å²) >= 11 is 0. The van der Waals surface area contributed by atoms with Gasteiger partial charge in [-0.25, -0.2) is 0 Å². The summed E-state index contributed by atoms with van der Waals surface area (Å²) < 4.78 is 5.89. The van der Waals surface area contributed by atoms with Gasteiger partial charge in [0.15, 0.2) is 0 Å². The average molecular weight is 341 g/mol. The SMILES string of the molecule is CCN(CC)CCOCCN(Cc1ccccc1)Cc1ccccc1. The fourth-order valence-electron chi connectivity index (χ4n) is 2.93. The standard InChI is InChI=1S/C22H32N2O/c1-3-23(4-2)15-17-25-18-16-24(19-21-11-7-5-8-12-21)20-22-13-9-6-10-14-22/h5-14H,3-4,15-20H2,1-2H3. The summed E-state index contributed by atoms with van der Waals surface area (Å²) in [5.74, 6) is 0. The van der Waals surface area contributed by atoms with Crippen LogP contribution >= 0.6 is 0 Å². The Labute approximate surface area is 153 Å². The molecule has 0 fully saturated rings. The van der Waals surface area contributed by atoms with Crippen LogP contribution in [0.1, 0.15) is 25.0 Å². The zero-order chi connectivity index (χ0) is 17.7. The van der Waals surface area contributed by atoms with Gasteiger partial charge in [-0.1, -0.05) is 74.5 Å². The minimum Gasteiger partial charge on any atom is -0.379 e. The monoisotopic (exact) mass is 340 g/mol. The van der Waals surface area contributed by atoms with E-state index >= 15 is 0 Å². The molecule has 0 N–H and O–H groups in total. The van der Waals surface area contributed by atoms with Gasteiger partial charge in [0.25, 0.3) is 0 Å². The van der Waals surface area contributed by atoms with E-state index in [1.165, 1.54) is 11.1 Å². The number of hydrogen-bond acceptors (Lipinski definition) is 3. The first-order valence-corrected chi connectivity index (χ1v) is 9.42. The molecule has 2 aromatic rings. The molecule has 0 aliphatic carbocycles. The largest absolute Gasteiger partial charge is 0.379 e. The number of hydrogen-bond donors (Lipinski definition) is 0. The Kier molecular flexibility index (Phi) is 9.27. The molecule has 3 heteroatoms. The third kappa shape index (κ3) is 7.82. The summed E-state index contributed by atoms with van der Waals surface area (Å²) in [6, 6.07) is 21.3. The highest BCUT2D eigenvalue weighted by Crippen LogP contribution is 2.09. The molecule has 0 aromatic heterocycles. The summed E-state index contributed by atoms with van der Waals surface area (Å²) in [5.41, 5.74) is 2.70. The van der Waals surface area contributed by atoms with Crippen LogP contribution in [0.25, 0.3) is 0 Å². The van der Waals surface area contributed by atoms with Crippen LogP contribution in [0.5, 0.6) is 0 Å². The second-order valence-corrected chi connectivity index (χ2v) is 6.32. The van der Waals surface area contributed by atoms with Gasteiger partial charge in [0.05, 0.1) is 13.2 Å². The molecule has 3 nitrogen and oxygen atoms in total. The molecule has 0 unspecified atom stereocenters. The molecule has 136 valence electrons. The summed E-state index contributed by atoms with van der Waals surface area (Å²) in [6.07, 6.45) is 0. The molecule has 0 spiro atoms. The van der Waals surface area contributed by atoms with Crippen molar-refractivity contribution in [3.63, 3.8) is 0 Å². The van der Waals surface area contributed by atoms with Crippen molar-refractivity contribution in [1.29, 1.82) is 0 Å². The molecule has 0 saturated heterocycles. The van der Waals surface area contributed by atoms with Crippen LogP contribution in [0.2, 0.25) is 0 Å². The van der Waals surface area contributed by atoms with Crippen LogP contribution in [0.4, 0.5) is 0 Å². The zero-order valence-corrected chi connectivity index (χ0v) is 15.7. The molecule has 0 bridgehead atoms. The fourth-order valence-corrected chi connectivity index (χ4v) is 2.93. The molecule has 0 aliphatic rings. The van der Waals surface area contributed by atoms with E-state index in [4.69, 9.17) is 4.74 Å². The van der Waals surface area contributed by atoms with Crippen molar-refractivity contribution in [2.45, 2.75) is 26.9 Å². The van der Waals surface area contributed by atoms with Gasteiger partial charge in [-0.3, -0.25) is 4.90 Å². The summed E-state index contributed by atoms with van der Waals surface area (Å²) in [6.45, 7) is 12.0. The van der Waals surface area contributed by atoms with Gasteiger partial charge in [0.2, 0.25) is 0 Å². The minimum absolute atomic E-state index is 0.779. The Morgan fingerprint density at radius 1 is 0.640 bits per heavy atom. The highest BCUT2D eigenvalue weighted by Gasteiger charge is 2.07. The first-order valence-electron chi connectivity index (χ1n) is 9.42. The van der Waals surface area contributed by atoms with E-state index in [1.54, 1.807) is 0 Å². The van der Waals surface area contributed by atoms with E-state index in [0.29, 0.717) is 0 Å². The number of likely N-dealkylation sites (N-methyl/N-ethyl adjacent to an activating group) is 1. The third-order valence-electron chi connectivity index (χ3n) is 4.50. The Balaban J connectivity index is 1.82. The van der Waals surface area contributed by atoms with E-state index in [0.717, 1.165) is 52.5 Å². The fraction of sp³-hybridized carbons (Fsp3) is 0.455. The van der Waals surface area contributed by atoms with Crippen molar-refractivity contribution in [1.82, 2.24) is 9.80 Å². The van der Waals surface area contributed by atoms with E-state index in [2.05, 4.69) is 84.3 Å². The predicted molar refractivity (Wildman–Crippen MR) is 106 cm³/mol. The van der Waals surface area contributed by atoms with Crippen LogP contribution < -0.4 is 0 Å². The van der Waals surface area contributed by atoms with Crippen molar-refractivity contribution in [3.8, 4) is 0 Å². The lowest BCUT2D eigenvalue weighted by molar-refractivity contribution is 0.0813. The lowest BCUT2D eigenvalue weighted by Gasteiger charge is -2.23. The Morgan fingerprint density at radius 2 is 1.08 bits per heavy atom. The second-order valence-electron chi connectivity index (χ2n) is 6.32. The van der Waals surface area contributed by atoms with E-state index in [1.807, 2.05) is 0 Å². The topological polar surface area (TPSA) is 15.7 Å². The summed E-state index contributed by atoms with van der Waals surface area (Å²) in [7, 11) is 0. The number of rotatable bonds is 12. The average Bonchev–Trinajstić information content (AvgIpc) is 2.66. The van der Waals surface area contributed by atoms with Gasteiger partial charge in [0, 0.05) is 26.2 Å². The maximum Gasteiger partial charge on any atom is 0.0594 e. The molecular weight excluding hydrogens is 308 g/mol. The van der Waals surface area contributed by atoms with Gasteiger partial charge >= 0.3 is 0 Å². The highest BCUT2D eigenvalue weighted by molar-refractivity contribution is 5.17. The van der Waals surface area contributed by atoms with E-state index < -0.39 is 0 Å². The minimum atomic E-state index is 0.779. The molecule has 0 atom stereocenters. The van der Waals surface area contributed by atoms with Crippen LogP contribution in [0.15, 0.2) is 60.7 Å². The molecule has 0 saturated carbocycles. The molecule has 25 heavy (non-hydrogen) atoms. The molecule has 0 amide bonds. The Bertz CT molecular complexity index is 513. The molecular formula is C22H32N2O. The molecule has 0 heterocycles. The highest BCUT2D eigenvalue weighted by atomic mass is 16.5. The van der Waals surface area contributed by atoms with Crippen LogP contribution in [-0.4, -0.2) is 49.2 Å². The first-order chi connectivity index (χ1) is 12.3. The quantitative estimate of drug-likeness (QED) is 0.542. The van der Waals surface area contributed by atoms with Gasteiger partial charge < -0.3 is 9.64 Å². The number of ether oxygens (including phenoxy) is 1.